The van der Waals surface area contributed by atoms with Crippen molar-refractivity contribution in [2.75, 3.05) is 33.4 Å². The van der Waals surface area contributed by atoms with Crippen LogP contribution in [0.4, 0.5) is 0 Å². The quantitative estimate of drug-likeness (QED) is 0.795. The molecule has 1 rings (SSSR count). The lowest BCUT2D eigenvalue weighted by molar-refractivity contribution is 0.147. The molecule has 108 valence electrons. The minimum atomic E-state index is 0.158. The topological polar surface area (TPSA) is 41.9 Å². The summed E-state index contributed by atoms with van der Waals surface area (Å²) in [6.07, 6.45) is 0. The summed E-state index contributed by atoms with van der Waals surface area (Å²) in [6.45, 7) is 7.90. The molecule has 0 bridgehead atoms. The van der Waals surface area contributed by atoms with Gasteiger partial charge in [0.05, 0.1) is 17.7 Å². The fraction of sp³-hybridized carbons (Fsp3) is 0.571. The Hall–Kier alpha value is -0.780. The molecule has 0 fully saturated rings. The summed E-state index contributed by atoms with van der Waals surface area (Å²) in [7, 11) is 1.71. The van der Waals surface area contributed by atoms with Crippen LogP contribution in [-0.4, -0.2) is 43.4 Å². The third kappa shape index (κ3) is 5.01. The third-order valence-corrected chi connectivity index (χ3v) is 3.46. The van der Waals surface area contributed by atoms with Crippen molar-refractivity contribution in [3.05, 3.63) is 22.2 Å². The van der Waals surface area contributed by atoms with Crippen LogP contribution in [0.1, 0.15) is 19.4 Å². The molecule has 0 spiro atoms. The zero-order chi connectivity index (χ0) is 14.3. The number of benzene rings is 1. The monoisotopic (exact) mass is 331 g/mol. The van der Waals surface area contributed by atoms with Crippen molar-refractivity contribution in [1.82, 2.24) is 4.90 Å². The number of hydrogen-bond donors (Lipinski definition) is 1. The molecule has 4 nitrogen and oxygen atoms in total. The largest absolute Gasteiger partial charge is 0.503 e. The van der Waals surface area contributed by atoms with Crippen molar-refractivity contribution in [1.29, 1.82) is 0 Å². The molecule has 0 aliphatic heterocycles. The van der Waals surface area contributed by atoms with E-state index in [0.717, 1.165) is 25.2 Å². The summed E-state index contributed by atoms with van der Waals surface area (Å²) >= 11 is 3.36. The van der Waals surface area contributed by atoms with Gasteiger partial charge in [0.2, 0.25) is 0 Å². The Balaban J connectivity index is 2.82. The van der Waals surface area contributed by atoms with Gasteiger partial charge >= 0.3 is 0 Å². The van der Waals surface area contributed by atoms with E-state index in [1.807, 2.05) is 19.1 Å². The summed E-state index contributed by atoms with van der Waals surface area (Å²) in [5.74, 6) is 0.681. The van der Waals surface area contributed by atoms with E-state index in [4.69, 9.17) is 9.47 Å². The molecule has 0 heterocycles. The fourth-order valence-electron chi connectivity index (χ4n) is 1.81. The van der Waals surface area contributed by atoms with E-state index in [-0.39, 0.29) is 5.75 Å². The molecule has 0 unspecified atom stereocenters. The Morgan fingerprint density at radius 1 is 1.32 bits per heavy atom. The van der Waals surface area contributed by atoms with Gasteiger partial charge in [-0.05, 0) is 47.1 Å². The molecule has 0 aromatic heterocycles. The van der Waals surface area contributed by atoms with Crippen LogP contribution >= 0.6 is 15.9 Å². The SMILES string of the molecule is CCOc1cc(CN(CC)CCOC)cc(Br)c1O. The zero-order valence-corrected chi connectivity index (χ0v) is 13.4. The normalized spacial score (nSPS) is 11.0. The first-order chi connectivity index (χ1) is 9.12. The van der Waals surface area contributed by atoms with Crippen LogP contribution in [0, 0.1) is 0 Å². The highest BCUT2D eigenvalue weighted by molar-refractivity contribution is 9.10. The molecule has 0 saturated heterocycles. The van der Waals surface area contributed by atoms with Crippen molar-refractivity contribution in [2.24, 2.45) is 0 Å². The molecule has 1 aromatic rings. The molecule has 0 aliphatic rings. The molecule has 0 aliphatic carbocycles. The second-order valence-electron chi connectivity index (χ2n) is 4.22. The molecule has 0 radical (unpaired) electrons. The van der Waals surface area contributed by atoms with Crippen molar-refractivity contribution in [2.45, 2.75) is 20.4 Å². The van der Waals surface area contributed by atoms with E-state index in [1.54, 1.807) is 7.11 Å². The molecule has 5 heteroatoms. The lowest BCUT2D eigenvalue weighted by atomic mass is 10.2. The van der Waals surface area contributed by atoms with Crippen molar-refractivity contribution < 1.29 is 14.6 Å². The Kier molecular flexibility index (Phi) is 7.20. The van der Waals surface area contributed by atoms with Crippen molar-refractivity contribution in [3.8, 4) is 11.5 Å². The summed E-state index contributed by atoms with van der Waals surface area (Å²) in [4.78, 5) is 2.28. The maximum absolute atomic E-state index is 9.88. The maximum atomic E-state index is 9.88. The second-order valence-corrected chi connectivity index (χ2v) is 5.07. The van der Waals surface area contributed by atoms with Gasteiger partial charge in [-0.2, -0.15) is 0 Å². The van der Waals surface area contributed by atoms with E-state index in [1.165, 1.54) is 0 Å². The number of nitrogens with zero attached hydrogens (tertiary/aromatic N) is 1. The smallest absolute Gasteiger partial charge is 0.172 e. The van der Waals surface area contributed by atoms with Crippen LogP contribution in [0.2, 0.25) is 0 Å². The first kappa shape index (κ1) is 16.3. The molecule has 0 amide bonds. The van der Waals surface area contributed by atoms with Gasteiger partial charge in [-0.3, -0.25) is 4.90 Å². The summed E-state index contributed by atoms with van der Waals surface area (Å²) in [6, 6.07) is 3.81. The highest BCUT2D eigenvalue weighted by Crippen LogP contribution is 2.35. The standard InChI is InChI=1S/C14H22BrNO3/c1-4-16(6-7-18-3)10-11-8-12(15)14(17)13(9-11)19-5-2/h8-9,17H,4-7,10H2,1-3H3. The highest BCUT2D eigenvalue weighted by Gasteiger charge is 2.11. The number of ether oxygens (including phenoxy) is 2. The molecule has 1 N–H and O–H groups in total. The number of likely N-dealkylation sites (N-methyl/N-ethyl adjacent to an activating group) is 1. The van der Waals surface area contributed by atoms with E-state index >= 15 is 0 Å². The van der Waals surface area contributed by atoms with Crippen molar-refractivity contribution in [3.63, 3.8) is 0 Å². The number of rotatable bonds is 8. The molecular formula is C14H22BrNO3. The minimum Gasteiger partial charge on any atom is -0.503 e. The molecule has 1 aromatic carbocycles. The number of aromatic hydroxyl groups is 1. The highest BCUT2D eigenvalue weighted by atomic mass is 79.9. The number of halogens is 1. The Morgan fingerprint density at radius 2 is 2.05 bits per heavy atom. The first-order valence-electron chi connectivity index (χ1n) is 6.47. The van der Waals surface area contributed by atoms with E-state index in [9.17, 15) is 5.11 Å². The van der Waals surface area contributed by atoms with Crippen LogP contribution in [0.25, 0.3) is 0 Å². The lowest BCUT2D eigenvalue weighted by Gasteiger charge is -2.20. The maximum Gasteiger partial charge on any atom is 0.172 e. The van der Waals surface area contributed by atoms with Crippen LogP contribution in [0.15, 0.2) is 16.6 Å². The van der Waals surface area contributed by atoms with Crippen molar-refractivity contribution >= 4 is 15.9 Å². The summed E-state index contributed by atoms with van der Waals surface area (Å²) in [5.41, 5.74) is 1.10. The minimum absolute atomic E-state index is 0.158. The summed E-state index contributed by atoms with van der Waals surface area (Å²) < 4.78 is 11.2. The lowest BCUT2D eigenvalue weighted by Crippen LogP contribution is -2.26. The summed E-state index contributed by atoms with van der Waals surface area (Å²) in [5, 5.41) is 9.88. The average molecular weight is 332 g/mol. The predicted molar refractivity (Wildman–Crippen MR) is 79.8 cm³/mol. The molecular weight excluding hydrogens is 310 g/mol. The third-order valence-electron chi connectivity index (χ3n) is 2.85. The first-order valence-corrected chi connectivity index (χ1v) is 7.27. The fourth-order valence-corrected chi connectivity index (χ4v) is 2.30. The van der Waals surface area contributed by atoms with Gasteiger partial charge in [0.15, 0.2) is 11.5 Å². The van der Waals surface area contributed by atoms with Gasteiger partial charge in [-0.25, -0.2) is 0 Å². The predicted octanol–water partition coefficient (Wildman–Crippen LogP) is 3.02. The van der Waals surface area contributed by atoms with Gasteiger partial charge in [0.25, 0.3) is 0 Å². The zero-order valence-electron chi connectivity index (χ0n) is 11.8. The average Bonchev–Trinajstić information content (AvgIpc) is 2.40. The molecule has 19 heavy (non-hydrogen) atoms. The van der Waals surface area contributed by atoms with E-state index in [2.05, 4.69) is 27.8 Å². The second kappa shape index (κ2) is 8.40. The van der Waals surface area contributed by atoms with Crippen LogP contribution in [-0.2, 0) is 11.3 Å². The van der Waals surface area contributed by atoms with Crippen LogP contribution in [0.5, 0.6) is 11.5 Å². The number of hydrogen-bond acceptors (Lipinski definition) is 4. The Morgan fingerprint density at radius 3 is 2.63 bits per heavy atom. The van der Waals surface area contributed by atoms with Gasteiger partial charge in [0, 0.05) is 20.2 Å². The van der Waals surface area contributed by atoms with Gasteiger partial charge in [-0.1, -0.05) is 6.92 Å². The van der Waals surface area contributed by atoms with Gasteiger partial charge in [0.1, 0.15) is 0 Å². The van der Waals surface area contributed by atoms with Gasteiger partial charge in [-0.15, -0.1) is 0 Å². The Bertz CT molecular complexity index is 399. The number of phenols is 1. The number of phenolic OH excluding ortho intramolecular Hbond substituents is 1. The Labute approximate surface area is 123 Å². The van der Waals surface area contributed by atoms with Gasteiger partial charge < -0.3 is 14.6 Å². The molecule has 0 atom stereocenters. The van der Waals surface area contributed by atoms with Crippen LogP contribution in [0.3, 0.4) is 0 Å². The number of methoxy groups -OCH3 is 1. The van der Waals surface area contributed by atoms with E-state index in [0.29, 0.717) is 23.4 Å². The van der Waals surface area contributed by atoms with E-state index < -0.39 is 0 Å². The van der Waals surface area contributed by atoms with Crippen LogP contribution < -0.4 is 4.74 Å². The molecule has 0 saturated carbocycles.